The fraction of sp³-hybridized carbons (Fsp3) is 0.625. The van der Waals surface area contributed by atoms with E-state index in [1.807, 2.05) is 0 Å². The highest BCUT2D eigenvalue weighted by Crippen LogP contribution is 2.29. The van der Waals surface area contributed by atoms with E-state index in [9.17, 15) is 0 Å². The number of allylic oxidation sites excluding steroid dienone is 5. The van der Waals surface area contributed by atoms with Crippen LogP contribution in [-0.4, -0.2) is 4.98 Å². The molecule has 0 bridgehead atoms. The summed E-state index contributed by atoms with van der Waals surface area (Å²) in [5.41, 5.74) is 1.43. The number of nitrogens with one attached hydrogen (secondary N) is 1. The zero-order chi connectivity index (χ0) is 18.5. The average molecular weight is 356 g/mol. The topological polar surface area (TPSA) is 19.7 Å². The van der Waals surface area contributed by atoms with Gasteiger partial charge in [0.15, 0.2) is 0 Å². The zero-order valence-corrected chi connectivity index (χ0v) is 16.9. The summed E-state index contributed by atoms with van der Waals surface area (Å²) in [4.78, 5) is 3.45. The van der Waals surface area contributed by atoms with Gasteiger partial charge in [-0.05, 0) is 12.8 Å². The van der Waals surface area contributed by atoms with E-state index >= 15 is 0 Å². The van der Waals surface area contributed by atoms with Crippen LogP contribution in [0.25, 0.3) is 0 Å². The Morgan fingerprint density at radius 1 is 1.04 bits per heavy atom. The third-order valence-electron chi connectivity index (χ3n) is 5.59. The van der Waals surface area contributed by atoms with Gasteiger partial charge < -0.3 is 0 Å². The summed E-state index contributed by atoms with van der Waals surface area (Å²) in [6, 6.07) is 0. The molecule has 1 heterocycles. The fourth-order valence-corrected chi connectivity index (χ4v) is 3.83. The van der Waals surface area contributed by atoms with Crippen LogP contribution in [0.4, 0.5) is 0 Å². The zero-order valence-electron chi connectivity index (χ0n) is 16.9. The maximum absolute atomic E-state index is 4.06. The number of nitrogens with zero attached hydrogens (tertiary/aromatic N) is 1. The van der Waals surface area contributed by atoms with Crippen molar-refractivity contribution in [3.8, 4) is 0 Å². The highest BCUT2D eigenvalue weighted by Gasteiger charge is 2.26. The first-order valence-electron chi connectivity index (χ1n) is 10.8. The summed E-state index contributed by atoms with van der Waals surface area (Å²) < 4.78 is 2.29. The quantitative estimate of drug-likeness (QED) is 0.225. The summed E-state index contributed by atoms with van der Waals surface area (Å²) in [7, 11) is 0. The number of aromatic amines is 1. The van der Waals surface area contributed by atoms with E-state index in [2.05, 4.69) is 66.0 Å². The molecule has 0 aromatic carbocycles. The second-order valence-electron chi connectivity index (χ2n) is 7.96. The van der Waals surface area contributed by atoms with E-state index in [1.165, 1.54) is 76.3 Å². The van der Waals surface area contributed by atoms with Crippen molar-refractivity contribution < 1.29 is 4.57 Å². The first-order chi connectivity index (χ1) is 12.8. The molecule has 0 aliphatic heterocycles. The number of H-pyrrole nitrogens is 1. The predicted octanol–water partition coefficient (Wildman–Crippen LogP) is 6.45. The molecule has 2 heteroatoms. The van der Waals surface area contributed by atoms with Crippen molar-refractivity contribution in [2.45, 2.75) is 90.5 Å². The molecule has 0 fully saturated rings. The van der Waals surface area contributed by atoms with Crippen molar-refractivity contribution in [1.82, 2.24) is 4.98 Å². The second kappa shape index (κ2) is 11.9. The summed E-state index contributed by atoms with van der Waals surface area (Å²) in [6.07, 6.45) is 31.4. The van der Waals surface area contributed by atoms with Crippen molar-refractivity contribution in [1.29, 1.82) is 0 Å². The van der Waals surface area contributed by atoms with Crippen molar-refractivity contribution in [2.75, 3.05) is 0 Å². The van der Waals surface area contributed by atoms with Gasteiger partial charge in [-0.25, -0.2) is 9.55 Å². The monoisotopic (exact) mass is 355 g/mol. The molecule has 1 unspecified atom stereocenters. The molecule has 144 valence electrons. The molecule has 0 amide bonds. The number of imidazole rings is 1. The van der Waals surface area contributed by atoms with Crippen molar-refractivity contribution in [3.05, 3.63) is 55.2 Å². The van der Waals surface area contributed by atoms with E-state index in [1.54, 1.807) is 0 Å². The smallest absolute Gasteiger partial charge is 0.241 e. The summed E-state index contributed by atoms with van der Waals surface area (Å²) >= 11 is 0. The minimum atomic E-state index is 0.0655. The Morgan fingerprint density at radius 2 is 1.73 bits per heavy atom. The minimum Gasteiger partial charge on any atom is -0.248 e. The lowest BCUT2D eigenvalue weighted by atomic mass is 9.81. The van der Waals surface area contributed by atoms with Gasteiger partial charge in [0.2, 0.25) is 6.33 Å². The maximum atomic E-state index is 4.06. The van der Waals surface area contributed by atoms with E-state index < -0.39 is 0 Å². The Morgan fingerprint density at radius 3 is 2.35 bits per heavy atom. The lowest BCUT2D eigenvalue weighted by Gasteiger charge is -2.25. The van der Waals surface area contributed by atoms with Crippen LogP contribution < -0.4 is 4.57 Å². The van der Waals surface area contributed by atoms with Gasteiger partial charge in [0, 0.05) is 11.8 Å². The number of rotatable bonds is 14. The van der Waals surface area contributed by atoms with E-state index in [-0.39, 0.29) is 5.41 Å². The molecule has 1 N–H and O–H groups in total. The van der Waals surface area contributed by atoms with Crippen molar-refractivity contribution >= 4 is 0 Å². The first kappa shape index (κ1) is 20.7. The average Bonchev–Trinajstić information content (AvgIpc) is 3.11. The lowest BCUT2D eigenvalue weighted by molar-refractivity contribution is -0.704. The molecule has 1 atom stereocenters. The van der Waals surface area contributed by atoms with Gasteiger partial charge in [0.1, 0.15) is 18.4 Å². The first-order valence-corrected chi connectivity index (χ1v) is 10.8. The molecule has 2 nitrogen and oxygen atoms in total. The van der Waals surface area contributed by atoms with Crippen molar-refractivity contribution in [2.24, 2.45) is 5.41 Å². The van der Waals surface area contributed by atoms with Crippen LogP contribution in [0.3, 0.4) is 0 Å². The van der Waals surface area contributed by atoms with Crippen LogP contribution in [0.5, 0.6) is 0 Å². The third-order valence-corrected chi connectivity index (χ3v) is 5.59. The van der Waals surface area contributed by atoms with Gasteiger partial charge >= 0.3 is 0 Å². The summed E-state index contributed by atoms with van der Waals surface area (Å²) in [6.45, 7) is 7.31. The van der Waals surface area contributed by atoms with Gasteiger partial charge in [0.25, 0.3) is 0 Å². The highest BCUT2D eigenvalue weighted by molar-refractivity contribution is 5.20. The molecule has 0 radical (unpaired) electrons. The van der Waals surface area contributed by atoms with E-state index in [0.717, 1.165) is 13.0 Å². The number of unbranched alkanes of at least 4 members (excludes halogenated alkanes) is 9. The molecule has 1 aliphatic rings. The second-order valence-corrected chi connectivity index (χ2v) is 7.96. The Balaban J connectivity index is 1.58. The largest absolute Gasteiger partial charge is 0.248 e. The molecule has 0 spiro atoms. The van der Waals surface area contributed by atoms with Gasteiger partial charge in [-0.15, -0.1) is 6.58 Å². The molecule has 1 aromatic rings. The Labute approximate surface area is 161 Å². The number of aryl methyl sites for hydroxylation is 1. The van der Waals surface area contributed by atoms with Gasteiger partial charge in [-0.3, -0.25) is 0 Å². The number of hydrogen-bond donors (Lipinski definition) is 1. The van der Waals surface area contributed by atoms with Gasteiger partial charge in [0.05, 0.1) is 0 Å². The molecule has 2 rings (SSSR count). The predicted molar refractivity (Wildman–Crippen MR) is 112 cm³/mol. The lowest BCUT2D eigenvalue weighted by Crippen LogP contribution is -2.40. The Hall–Kier alpha value is -1.57. The van der Waals surface area contributed by atoms with E-state index in [4.69, 9.17) is 0 Å². The highest BCUT2D eigenvalue weighted by atomic mass is 15.0. The minimum absolute atomic E-state index is 0.0655. The van der Waals surface area contributed by atoms with Crippen LogP contribution in [-0.2, 0) is 13.0 Å². The molecular weight excluding hydrogens is 316 g/mol. The van der Waals surface area contributed by atoms with Crippen LogP contribution >= 0.6 is 0 Å². The normalized spacial score (nSPS) is 19.1. The van der Waals surface area contributed by atoms with Crippen LogP contribution in [0.1, 0.15) is 83.2 Å². The standard InChI is InChI=1S/C24H38N2/c1-3-5-6-7-8-9-10-11-12-14-17-23-20-26(22-25-23)21-24(4-2)18-15-13-16-19-24/h4,13,15-16,18,20,22H,2-3,5-12,14,17,19,21H2,1H3/p+1. The Bertz CT molecular complexity index is 567. The molecular formula is C24H39N2+. The van der Waals surface area contributed by atoms with Crippen LogP contribution in [0.15, 0.2) is 49.5 Å². The number of aromatic nitrogens is 2. The molecule has 26 heavy (non-hydrogen) atoms. The SMILES string of the molecule is C=CC1(C[n+]2c[nH]c(CCCCCCCCCCCC)c2)C=CC=CC1. The summed E-state index contributed by atoms with van der Waals surface area (Å²) in [5, 5.41) is 0. The fourth-order valence-electron chi connectivity index (χ4n) is 3.83. The molecule has 1 aromatic heterocycles. The van der Waals surface area contributed by atoms with Gasteiger partial charge in [-0.1, -0.05) is 95.1 Å². The number of hydrogen-bond acceptors (Lipinski definition) is 0. The third kappa shape index (κ3) is 7.35. The van der Waals surface area contributed by atoms with E-state index in [0.29, 0.717) is 0 Å². The molecule has 0 saturated carbocycles. The van der Waals surface area contributed by atoms with Crippen LogP contribution in [0.2, 0.25) is 0 Å². The molecule has 1 aliphatic carbocycles. The van der Waals surface area contributed by atoms with Gasteiger partial charge in [-0.2, -0.15) is 0 Å². The van der Waals surface area contributed by atoms with Crippen molar-refractivity contribution in [3.63, 3.8) is 0 Å². The van der Waals surface area contributed by atoms with Crippen LogP contribution in [0, 0.1) is 5.41 Å². The molecule has 0 saturated heterocycles. The Kier molecular flexibility index (Phi) is 9.52. The maximum Gasteiger partial charge on any atom is 0.241 e. The summed E-state index contributed by atoms with van der Waals surface area (Å²) in [5.74, 6) is 0.